The highest BCUT2D eigenvalue weighted by Gasteiger charge is 2.41. The number of piperidine rings is 1. The van der Waals surface area contributed by atoms with Crippen LogP contribution in [0.2, 0.25) is 0 Å². The Hall–Kier alpha value is -1.95. The Bertz CT molecular complexity index is 597. The maximum atomic E-state index is 12.4. The molecule has 2 aliphatic rings. The highest BCUT2D eigenvalue weighted by Crippen LogP contribution is 2.30. The van der Waals surface area contributed by atoms with Gasteiger partial charge in [0.15, 0.2) is 0 Å². The number of unbranched alkanes of at least 4 members (excludes halogenated alkanes) is 1. The van der Waals surface area contributed by atoms with Crippen LogP contribution in [0, 0.1) is 0 Å². The van der Waals surface area contributed by atoms with Crippen LogP contribution in [0.25, 0.3) is 0 Å². The van der Waals surface area contributed by atoms with Crippen LogP contribution in [0.5, 0.6) is 0 Å². The van der Waals surface area contributed by atoms with Crippen LogP contribution in [0.1, 0.15) is 37.7 Å². The minimum Gasteiger partial charge on any atom is -0.363 e. The van der Waals surface area contributed by atoms with Crippen LogP contribution in [0.3, 0.4) is 0 Å². The number of morpholine rings is 1. The summed E-state index contributed by atoms with van der Waals surface area (Å²) in [6, 6.07) is 4.02. The Morgan fingerprint density at radius 2 is 2.12 bits per heavy atom. The Morgan fingerprint density at radius 1 is 1.32 bits per heavy atom. The Labute approximate surface area is 149 Å². The summed E-state index contributed by atoms with van der Waals surface area (Å²) in [6.45, 7) is 2.25. The van der Waals surface area contributed by atoms with E-state index in [2.05, 4.69) is 11.1 Å². The minimum atomic E-state index is -0.250. The van der Waals surface area contributed by atoms with Gasteiger partial charge in [0.25, 0.3) is 0 Å². The van der Waals surface area contributed by atoms with Crippen LogP contribution in [-0.2, 0) is 20.7 Å². The molecular formula is C19H27N3O3. The SMILES string of the molecule is CN1CC2(CCN(C(=O)CCCCc3cccnc3)CC2)OCC1=O. The highest BCUT2D eigenvalue weighted by molar-refractivity contribution is 5.78. The van der Waals surface area contributed by atoms with Gasteiger partial charge in [0, 0.05) is 45.5 Å². The molecule has 0 aromatic carbocycles. The lowest BCUT2D eigenvalue weighted by Crippen LogP contribution is -2.58. The van der Waals surface area contributed by atoms with Crippen molar-refractivity contribution in [2.75, 3.05) is 33.3 Å². The zero-order valence-electron chi connectivity index (χ0n) is 14.9. The van der Waals surface area contributed by atoms with Crippen LogP contribution in [-0.4, -0.2) is 65.5 Å². The Balaban J connectivity index is 1.37. The van der Waals surface area contributed by atoms with Crippen LogP contribution >= 0.6 is 0 Å². The predicted octanol–water partition coefficient (Wildman–Crippen LogP) is 1.64. The number of aryl methyl sites for hydroxylation is 1. The van der Waals surface area contributed by atoms with Gasteiger partial charge in [0.2, 0.25) is 11.8 Å². The molecule has 0 radical (unpaired) electrons. The zero-order chi connectivity index (χ0) is 17.7. The van der Waals surface area contributed by atoms with Crippen molar-refractivity contribution in [3.63, 3.8) is 0 Å². The van der Waals surface area contributed by atoms with E-state index >= 15 is 0 Å². The van der Waals surface area contributed by atoms with Crippen molar-refractivity contribution < 1.29 is 14.3 Å². The van der Waals surface area contributed by atoms with Gasteiger partial charge in [-0.05, 0) is 43.7 Å². The normalized spacial score (nSPS) is 20.1. The van der Waals surface area contributed by atoms with E-state index < -0.39 is 0 Å². The first-order valence-corrected chi connectivity index (χ1v) is 9.13. The maximum absolute atomic E-state index is 12.4. The Kier molecular flexibility index (Phi) is 5.68. The second kappa shape index (κ2) is 7.95. The molecule has 2 amide bonds. The van der Waals surface area contributed by atoms with Gasteiger partial charge in [-0.1, -0.05) is 6.07 Å². The summed E-state index contributed by atoms with van der Waals surface area (Å²) >= 11 is 0. The van der Waals surface area contributed by atoms with Gasteiger partial charge in [-0.2, -0.15) is 0 Å². The van der Waals surface area contributed by atoms with Crippen LogP contribution in [0.15, 0.2) is 24.5 Å². The van der Waals surface area contributed by atoms with Gasteiger partial charge in [0.05, 0.1) is 5.60 Å². The van der Waals surface area contributed by atoms with Crippen molar-refractivity contribution in [1.29, 1.82) is 0 Å². The van der Waals surface area contributed by atoms with Gasteiger partial charge in [-0.3, -0.25) is 14.6 Å². The fourth-order valence-electron chi connectivity index (χ4n) is 3.67. The number of aromatic nitrogens is 1. The van der Waals surface area contributed by atoms with Crippen molar-refractivity contribution in [3.05, 3.63) is 30.1 Å². The largest absolute Gasteiger partial charge is 0.363 e. The van der Waals surface area contributed by atoms with Gasteiger partial charge in [-0.25, -0.2) is 0 Å². The summed E-state index contributed by atoms with van der Waals surface area (Å²) in [5.74, 6) is 0.277. The molecule has 0 N–H and O–H groups in total. The van der Waals surface area contributed by atoms with E-state index in [1.54, 1.807) is 11.1 Å². The lowest BCUT2D eigenvalue weighted by molar-refractivity contribution is -0.170. The van der Waals surface area contributed by atoms with E-state index in [0.29, 0.717) is 13.0 Å². The quantitative estimate of drug-likeness (QED) is 0.761. The summed E-state index contributed by atoms with van der Waals surface area (Å²) in [5.41, 5.74) is 0.975. The molecule has 2 aliphatic heterocycles. The molecule has 136 valence electrons. The third-order valence-electron chi connectivity index (χ3n) is 5.31. The van der Waals surface area contributed by atoms with Crippen molar-refractivity contribution in [2.45, 2.75) is 44.1 Å². The molecule has 0 bridgehead atoms. The maximum Gasteiger partial charge on any atom is 0.248 e. The molecule has 0 saturated carbocycles. The molecular weight excluding hydrogens is 318 g/mol. The standard InChI is InChI=1S/C19H27N3O3/c1-21-15-19(25-14-18(21)24)8-11-22(12-9-19)17(23)7-3-2-5-16-6-4-10-20-13-16/h4,6,10,13H,2-3,5,7-9,11-12,14-15H2,1H3. The predicted molar refractivity (Wildman–Crippen MR) is 93.9 cm³/mol. The third kappa shape index (κ3) is 4.57. The lowest BCUT2D eigenvalue weighted by Gasteiger charge is -2.46. The summed E-state index contributed by atoms with van der Waals surface area (Å²) in [6.07, 6.45) is 8.77. The number of carbonyl (C=O) groups is 2. The fraction of sp³-hybridized carbons (Fsp3) is 0.632. The van der Waals surface area contributed by atoms with E-state index in [0.717, 1.165) is 45.2 Å². The van der Waals surface area contributed by atoms with Crippen molar-refractivity contribution >= 4 is 11.8 Å². The molecule has 1 aromatic rings. The monoisotopic (exact) mass is 345 g/mol. The first-order valence-electron chi connectivity index (χ1n) is 9.13. The number of ether oxygens (including phenoxy) is 1. The first kappa shape index (κ1) is 17.9. The van der Waals surface area contributed by atoms with Gasteiger partial charge in [0.1, 0.15) is 6.61 Å². The van der Waals surface area contributed by atoms with E-state index in [9.17, 15) is 9.59 Å². The van der Waals surface area contributed by atoms with Crippen LogP contribution < -0.4 is 0 Å². The van der Waals surface area contributed by atoms with E-state index in [1.807, 2.05) is 24.2 Å². The smallest absolute Gasteiger partial charge is 0.248 e. The Morgan fingerprint density at radius 3 is 2.80 bits per heavy atom. The molecule has 0 unspecified atom stereocenters. The number of likely N-dealkylation sites (N-methyl/N-ethyl adjacent to an activating group) is 1. The zero-order valence-corrected chi connectivity index (χ0v) is 14.9. The van der Waals surface area contributed by atoms with Crippen molar-refractivity contribution in [2.24, 2.45) is 0 Å². The number of amides is 2. The molecule has 2 fully saturated rings. The summed E-state index contributed by atoms with van der Waals surface area (Å²) in [5, 5.41) is 0. The molecule has 1 aromatic heterocycles. The molecule has 0 aliphatic carbocycles. The average molecular weight is 345 g/mol. The number of hydrogen-bond donors (Lipinski definition) is 0. The molecule has 3 rings (SSSR count). The van der Waals surface area contributed by atoms with E-state index in [-0.39, 0.29) is 24.0 Å². The average Bonchev–Trinajstić information content (AvgIpc) is 2.64. The summed E-state index contributed by atoms with van der Waals surface area (Å²) < 4.78 is 5.83. The lowest BCUT2D eigenvalue weighted by atomic mass is 9.89. The second-order valence-electron chi connectivity index (χ2n) is 7.17. The fourth-order valence-corrected chi connectivity index (χ4v) is 3.67. The summed E-state index contributed by atoms with van der Waals surface area (Å²) in [7, 11) is 1.83. The third-order valence-corrected chi connectivity index (χ3v) is 5.31. The molecule has 25 heavy (non-hydrogen) atoms. The summed E-state index contributed by atoms with van der Waals surface area (Å²) in [4.78, 5) is 31.8. The van der Waals surface area contributed by atoms with Gasteiger partial charge < -0.3 is 14.5 Å². The van der Waals surface area contributed by atoms with E-state index in [1.165, 1.54) is 5.56 Å². The molecule has 0 atom stereocenters. The van der Waals surface area contributed by atoms with E-state index in [4.69, 9.17) is 4.74 Å². The molecule has 6 heteroatoms. The van der Waals surface area contributed by atoms with Crippen molar-refractivity contribution in [3.8, 4) is 0 Å². The van der Waals surface area contributed by atoms with Gasteiger partial charge >= 0.3 is 0 Å². The second-order valence-corrected chi connectivity index (χ2v) is 7.17. The number of rotatable bonds is 5. The molecule has 3 heterocycles. The van der Waals surface area contributed by atoms with Gasteiger partial charge in [-0.15, -0.1) is 0 Å². The molecule has 2 saturated heterocycles. The topological polar surface area (TPSA) is 62.7 Å². The molecule has 1 spiro atoms. The highest BCUT2D eigenvalue weighted by atomic mass is 16.5. The minimum absolute atomic E-state index is 0.0396. The molecule has 6 nitrogen and oxygen atoms in total. The van der Waals surface area contributed by atoms with Crippen molar-refractivity contribution in [1.82, 2.24) is 14.8 Å². The number of likely N-dealkylation sites (tertiary alicyclic amines) is 1. The number of pyridine rings is 1. The number of nitrogens with zero attached hydrogens (tertiary/aromatic N) is 3. The number of carbonyl (C=O) groups excluding carboxylic acids is 2. The number of hydrogen-bond acceptors (Lipinski definition) is 4. The van der Waals surface area contributed by atoms with Crippen LogP contribution in [0.4, 0.5) is 0 Å². The first-order chi connectivity index (χ1) is 12.1.